The van der Waals surface area contributed by atoms with Gasteiger partial charge in [-0.3, -0.25) is 0 Å². The number of ether oxygens (including phenoxy) is 1. The summed E-state index contributed by atoms with van der Waals surface area (Å²) in [5.41, 5.74) is 0.418. The Morgan fingerprint density at radius 1 is 1.25 bits per heavy atom. The fourth-order valence-electron chi connectivity index (χ4n) is 1.93. The summed E-state index contributed by atoms with van der Waals surface area (Å²) in [5.74, 6) is 0. The number of rotatable bonds is 1. The molecular formula is C11H22O. The maximum atomic E-state index is 5.86. The second-order valence-corrected chi connectivity index (χ2v) is 5.26. The van der Waals surface area contributed by atoms with E-state index in [-0.39, 0.29) is 0 Å². The molecule has 1 heterocycles. The van der Waals surface area contributed by atoms with Gasteiger partial charge in [-0.1, -0.05) is 20.8 Å². The van der Waals surface area contributed by atoms with Crippen molar-refractivity contribution in [2.24, 2.45) is 5.41 Å². The molecule has 1 fully saturated rings. The summed E-state index contributed by atoms with van der Waals surface area (Å²) in [6, 6.07) is 0. The van der Waals surface area contributed by atoms with Gasteiger partial charge in [-0.2, -0.15) is 0 Å². The fraction of sp³-hybridized carbons (Fsp3) is 1.00. The van der Waals surface area contributed by atoms with Crippen molar-refractivity contribution in [2.45, 2.75) is 65.6 Å². The first-order valence-electron chi connectivity index (χ1n) is 5.13. The van der Waals surface area contributed by atoms with Crippen molar-refractivity contribution in [1.29, 1.82) is 0 Å². The lowest BCUT2D eigenvalue weighted by atomic mass is 9.86. The fourth-order valence-corrected chi connectivity index (χ4v) is 1.93. The van der Waals surface area contributed by atoms with Crippen molar-refractivity contribution in [2.75, 3.05) is 0 Å². The Labute approximate surface area is 76.5 Å². The van der Waals surface area contributed by atoms with Crippen LogP contribution in [0.2, 0.25) is 0 Å². The molecule has 0 aromatic carbocycles. The lowest BCUT2D eigenvalue weighted by molar-refractivity contribution is -0.0563. The van der Waals surface area contributed by atoms with Gasteiger partial charge in [0, 0.05) is 0 Å². The summed E-state index contributed by atoms with van der Waals surface area (Å²) in [7, 11) is 0. The maximum Gasteiger partial charge on any atom is 0.0583 e. The van der Waals surface area contributed by atoms with Gasteiger partial charge in [-0.15, -0.1) is 0 Å². The van der Waals surface area contributed by atoms with Crippen molar-refractivity contribution in [3.63, 3.8) is 0 Å². The van der Waals surface area contributed by atoms with Crippen molar-refractivity contribution in [3.8, 4) is 0 Å². The first-order valence-corrected chi connectivity index (χ1v) is 5.13. The number of hydrogen-bond donors (Lipinski definition) is 0. The van der Waals surface area contributed by atoms with E-state index in [0.29, 0.717) is 17.6 Å². The SMILES string of the molecule is CC1CCCC(CC(C)(C)C)O1. The standard InChI is InChI=1S/C11H22O/c1-9-6-5-7-10(12-9)8-11(2,3)4/h9-10H,5-8H2,1-4H3. The van der Waals surface area contributed by atoms with E-state index in [1.807, 2.05) is 0 Å². The molecule has 0 aromatic heterocycles. The average Bonchev–Trinajstić information content (AvgIpc) is 1.82. The van der Waals surface area contributed by atoms with Gasteiger partial charge >= 0.3 is 0 Å². The van der Waals surface area contributed by atoms with Crippen LogP contribution in [0.25, 0.3) is 0 Å². The van der Waals surface area contributed by atoms with Crippen LogP contribution < -0.4 is 0 Å². The van der Waals surface area contributed by atoms with Gasteiger partial charge in [-0.05, 0) is 38.0 Å². The summed E-state index contributed by atoms with van der Waals surface area (Å²) in [6.45, 7) is 9.05. The maximum absolute atomic E-state index is 5.86. The van der Waals surface area contributed by atoms with E-state index in [9.17, 15) is 0 Å². The lowest BCUT2D eigenvalue weighted by Gasteiger charge is -2.32. The second kappa shape index (κ2) is 3.78. The molecular weight excluding hydrogens is 148 g/mol. The van der Waals surface area contributed by atoms with Gasteiger partial charge in [0.15, 0.2) is 0 Å². The first kappa shape index (κ1) is 10.0. The zero-order valence-electron chi connectivity index (χ0n) is 8.89. The molecule has 0 bridgehead atoms. The molecule has 1 saturated heterocycles. The van der Waals surface area contributed by atoms with Crippen molar-refractivity contribution >= 4 is 0 Å². The van der Waals surface area contributed by atoms with Crippen LogP contribution in [-0.2, 0) is 4.74 Å². The Hall–Kier alpha value is -0.0400. The summed E-state index contributed by atoms with van der Waals surface area (Å²) in [5, 5.41) is 0. The molecule has 0 aliphatic carbocycles. The molecule has 0 N–H and O–H groups in total. The highest BCUT2D eigenvalue weighted by atomic mass is 16.5. The van der Waals surface area contributed by atoms with E-state index >= 15 is 0 Å². The van der Waals surface area contributed by atoms with Crippen LogP contribution in [-0.4, -0.2) is 12.2 Å². The third-order valence-electron chi connectivity index (χ3n) is 2.40. The van der Waals surface area contributed by atoms with Crippen molar-refractivity contribution in [1.82, 2.24) is 0 Å². The molecule has 2 unspecified atom stereocenters. The van der Waals surface area contributed by atoms with Gasteiger partial charge in [0.2, 0.25) is 0 Å². The molecule has 1 aliphatic rings. The zero-order chi connectivity index (χ0) is 9.19. The molecule has 0 aromatic rings. The Bertz CT molecular complexity index is 134. The van der Waals surface area contributed by atoms with Crippen LogP contribution >= 0.6 is 0 Å². The Kier molecular flexibility index (Phi) is 3.16. The van der Waals surface area contributed by atoms with Crippen molar-refractivity contribution in [3.05, 3.63) is 0 Å². The average molecular weight is 170 g/mol. The molecule has 1 nitrogen and oxygen atoms in total. The minimum absolute atomic E-state index is 0.418. The van der Waals surface area contributed by atoms with E-state index in [2.05, 4.69) is 27.7 Å². The van der Waals surface area contributed by atoms with E-state index in [4.69, 9.17) is 4.74 Å². The highest BCUT2D eigenvalue weighted by Gasteiger charge is 2.23. The van der Waals surface area contributed by atoms with Crippen LogP contribution in [0.4, 0.5) is 0 Å². The summed E-state index contributed by atoms with van der Waals surface area (Å²) in [4.78, 5) is 0. The molecule has 72 valence electrons. The monoisotopic (exact) mass is 170 g/mol. The summed E-state index contributed by atoms with van der Waals surface area (Å²) < 4.78 is 5.86. The van der Waals surface area contributed by atoms with Crippen LogP contribution in [0.5, 0.6) is 0 Å². The van der Waals surface area contributed by atoms with Gasteiger partial charge in [0.25, 0.3) is 0 Å². The Balaban J connectivity index is 2.32. The Morgan fingerprint density at radius 2 is 1.92 bits per heavy atom. The first-order chi connectivity index (χ1) is 5.47. The van der Waals surface area contributed by atoms with Gasteiger partial charge in [0.1, 0.15) is 0 Å². The second-order valence-electron chi connectivity index (χ2n) is 5.26. The van der Waals surface area contributed by atoms with Gasteiger partial charge in [0.05, 0.1) is 12.2 Å². The normalized spacial score (nSPS) is 32.0. The van der Waals surface area contributed by atoms with Gasteiger partial charge < -0.3 is 4.74 Å². The molecule has 2 atom stereocenters. The smallest absolute Gasteiger partial charge is 0.0583 e. The highest BCUT2D eigenvalue weighted by molar-refractivity contribution is 4.74. The number of hydrogen-bond acceptors (Lipinski definition) is 1. The van der Waals surface area contributed by atoms with Crippen LogP contribution in [0.3, 0.4) is 0 Å². The van der Waals surface area contributed by atoms with Crippen LogP contribution in [0.1, 0.15) is 53.4 Å². The topological polar surface area (TPSA) is 9.23 Å². The largest absolute Gasteiger partial charge is 0.375 e. The molecule has 1 heteroatoms. The van der Waals surface area contributed by atoms with E-state index in [0.717, 1.165) is 0 Å². The predicted octanol–water partition coefficient (Wildman–Crippen LogP) is 3.38. The predicted molar refractivity (Wildman–Crippen MR) is 52.3 cm³/mol. The minimum Gasteiger partial charge on any atom is -0.375 e. The molecule has 1 aliphatic heterocycles. The van der Waals surface area contributed by atoms with E-state index in [1.54, 1.807) is 0 Å². The third kappa shape index (κ3) is 3.57. The lowest BCUT2D eigenvalue weighted by Crippen LogP contribution is -2.29. The summed E-state index contributed by atoms with van der Waals surface area (Å²) in [6.07, 6.45) is 6.08. The zero-order valence-corrected chi connectivity index (χ0v) is 8.89. The Morgan fingerprint density at radius 3 is 2.42 bits per heavy atom. The van der Waals surface area contributed by atoms with Gasteiger partial charge in [-0.25, -0.2) is 0 Å². The molecule has 1 rings (SSSR count). The minimum atomic E-state index is 0.418. The van der Waals surface area contributed by atoms with Crippen molar-refractivity contribution < 1.29 is 4.74 Å². The summed E-state index contributed by atoms with van der Waals surface area (Å²) >= 11 is 0. The van der Waals surface area contributed by atoms with E-state index < -0.39 is 0 Å². The van der Waals surface area contributed by atoms with Crippen LogP contribution in [0, 0.1) is 5.41 Å². The van der Waals surface area contributed by atoms with E-state index in [1.165, 1.54) is 25.7 Å². The molecule has 0 spiro atoms. The third-order valence-corrected chi connectivity index (χ3v) is 2.40. The van der Waals surface area contributed by atoms with Crippen LogP contribution in [0.15, 0.2) is 0 Å². The highest BCUT2D eigenvalue weighted by Crippen LogP contribution is 2.29. The molecule has 12 heavy (non-hydrogen) atoms. The molecule has 0 saturated carbocycles. The quantitative estimate of drug-likeness (QED) is 0.586. The molecule has 0 radical (unpaired) electrons. The molecule has 0 amide bonds.